The summed E-state index contributed by atoms with van der Waals surface area (Å²) >= 11 is 0. The summed E-state index contributed by atoms with van der Waals surface area (Å²) in [4.78, 5) is 0. The maximum absolute atomic E-state index is 10.7. The van der Waals surface area contributed by atoms with E-state index in [1.165, 1.54) is 0 Å². The van der Waals surface area contributed by atoms with Crippen LogP contribution in [-0.2, 0) is 4.74 Å². The molecule has 0 unspecified atom stereocenters. The van der Waals surface area contributed by atoms with Gasteiger partial charge < -0.3 is 10.1 Å². The van der Waals surface area contributed by atoms with E-state index in [9.17, 15) is 25.2 Å². The minimum Gasteiger partial charge on any atom is 1.00 e. The summed E-state index contributed by atoms with van der Waals surface area (Å²) in [5.74, 6) is 0. The Morgan fingerprint density at radius 3 is 1.54 bits per heavy atom. The van der Waals surface area contributed by atoms with Gasteiger partial charge in [-0.3, -0.25) is 0 Å². The molecule has 86 valence electrons. The molecule has 0 heterocycles. The number of halogens is 6. The first-order valence-electron chi connectivity index (χ1n) is 3.06. The van der Waals surface area contributed by atoms with E-state index in [-0.39, 0.29) is 1.43 Å². The summed E-state index contributed by atoms with van der Waals surface area (Å²) < 4.78 is 63.9. The molecule has 0 amide bonds. The monoisotopic (exact) mass is 235 g/mol. The fraction of sp³-hybridized carbons (Fsp3) is 1.00. The van der Waals surface area contributed by atoms with Crippen LogP contribution in [0.25, 0.3) is 0 Å². The summed E-state index contributed by atoms with van der Waals surface area (Å²) in [6, 6.07) is 0. The average Bonchev–Trinajstić information content (AvgIpc) is 1.76. The van der Waals surface area contributed by atoms with Crippen LogP contribution in [0, 0.1) is 0 Å². The van der Waals surface area contributed by atoms with E-state index < -0.39 is 7.81 Å². The second-order valence-electron chi connectivity index (χ2n) is 2.05. The van der Waals surface area contributed by atoms with Crippen molar-refractivity contribution in [3.63, 3.8) is 0 Å². The average molecular weight is 235 g/mol. The summed E-state index contributed by atoms with van der Waals surface area (Å²) in [6.45, 7) is 1.74. The van der Waals surface area contributed by atoms with Crippen LogP contribution >= 0.6 is 7.81 Å². The van der Waals surface area contributed by atoms with Gasteiger partial charge in [-0.05, 0) is 7.05 Å². The third kappa shape index (κ3) is 137. The summed E-state index contributed by atoms with van der Waals surface area (Å²) in [6.07, 6.45) is 0. The van der Waals surface area contributed by atoms with Crippen LogP contribution in [0.1, 0.15) is 1.43 Å². The molecule has 0 aromatic carbocycles. The molecule has 9 heteroatoms. The smallest absolute Gasteiger partial charge is 1.00 e. The minimum atomic E-state index is -10.7. The minimum absolute atomic E-state index is 0. The number of methoxy groups -OCH3 is 1. The first kappa shape index (κ1) is 15.4. The van der Waals surface area contributed by atoms with E-state index in [2.05, 4.69) is 5.32 Å². The number of ether oxygens (including phenoxy) is 1. The molecule has 0 saturated heterocycles. The van der Waals surface area contributed by atoms with Gasteiger partial charge in [0.25, 0.3) is 0 Å². The van der Waals surface area contributed by atoms with Crippen molar-refractivity contribution in [2.45, 2.75) is 0 Å². The topological polar surface area (TPSA) is 21.3 Å². The first-order valence-corrected chi connectivity index (χ1v) is 5.09. The Balaban J connectivity index is -0.000000163. The number of hydrogen-bond acceptors (Lipinski definition) is 2. The molecule has 1 N–H and O–H groups in total. The van der Waals surface area contributed by atoms with Crippen molar-refractivity contribution in [3.8, 4) is 0 Å². The number of likely N-dealkylation sites (N-methyl/N-ethyl adjacent to an activating group) is 1. The van der Waals surface area contributed by atoms with Gasteiger partial charge >= 0.3 is 34.4 Å². The second-order valence-corrected chi connectivity index (χ2v) is 3.97. The van der Waals surface area contributed by atoms with Crippen molar-refractivity contribution in [1.82, 2.24) is 5.32 Å². The zero-order valence-corrected chi connectivity index (χ0v) is 7.93. The first-order chi connectivity index (χ1) is 5.36. The number of hydrogen-bond donors (Lipinski definition) is 1. The number of nitrogens with one attached hydrogen (secondary N) is 1. The molecular formula is C4H12F6NOP. The van der Waals surface area contributed by atoms with Gasteiger partial charge in [-0.25, -0.2) is 0 Å². The molecule has 0 aromatic rings. The van der Waals surface area contributed by atoms with E-state index in [1.807, 2.05) is 7.05 Å². The Morgan fingerprint density at radius 2 is 1.46 bits per heavy atom. The molecule has 0 spiro atoms. The van der Waals surface area contributed by atoms with Crippen LogP contribution in [0.15, 0.2) is 0 Å². The van der Waals surface area contributed by atoms with Crippen molar-refractivity contribution in [2.75, 3.05) is 27.3 Å². The maximum atomic E-state index is 9.87. The van der Waals surface area contributed by atoms with E-state index in [4.69, 9.17) is 4.74 Å². The van der Waals surface area contributed by atoms with Crippen molar-refractivity contribution in [1.29, 1.82) is 0 Å². The molecule has 0 aromatic heterocycles. The molecule has 0 rings (SSSR count). The molecule has 0 aliphatic rings. The van der Waals surface area contributed by atoms with Crippen LogP contribution < -0.4 is 5.32 Å². The zero-order valence-electron chi connectivity index (χ0n) is 8.04. The zero-order chi connectivity index (χ0) is 11.2. The third-order valence-corrected chi connectivity index (χ3v) is 0.556. The molecule has 13 heavy (non-hydrogen) atoms. The maximum Gasteiger partial charge on any atom is 1.00 e. The number of rotatable bonds is 3. The summed E-state index contributed by atoms with van der Waals surface area (Å²) in [5.41, 5.74) is 0. The Morgan fingerprint density at radius 1 is 1.15 bits per heavy atom. The predicted molar refractivity (Wildman–Crippen MR) is 40.5 cm³/mol. The van der Waals surface area contributed by atoms with Gasteiger partial charge in [-0.15, -0.1) is 0 Å². The van der Waals surface area contributed by atoms with Crippen LogP contribution in [0.4, 0.5) is 25.2 Å². The summed E-state index contributed by atoms with van der Waals surface area (Å²) in [7, 11) is -7.06. The fourth-order valence-electron chi connectivity index (χ4n) is 0.204. The molecule has 0 radical (unpaired) electrons. The predicted octanol–water partition coefficient (Wildman–Crippen LogP) is 3.35. The van der Waals surface area contributed by atoms with E-state index in [0.717, 1.165) is 13.2 Å². The van der Waals surface area contributed by atoms with E-state index in [1.54, 1.807) is 7.11 Å². The van der Waals surface area contributed by atoms with Crippen LogP contribution in [0.3, 0.4) is 0 Å². The Kier molecular flexibility index (Phi) is 4.71. The van der Waals surface area contributed by atoms with Crippen LogP contribution in [-0.4, -0.2) is 27.3 Å². The van der Waals surface area contributed by atoms with Gasteiger partial charge in [0.2, 0.25) is 0 Å². The van der Waals surface area contributed by atoms with Crippen molar-refractivity contribution < 1.29 is 31.3 Å². The molecule has 0 aliphatic carbocycles. The van der Waals surface area contributed by atoms with Crippen LogP contribution in [0.5, 0.6) is 0 Å². The molecule has 2 nitrogen and oxygen atoms in total. The Bertz CT molecular complexity index is 129. The summed E-state index contributed by atoms with van der Waals surface area (Å²) in [5, 5.41) is 2.94. The van der Waals surface area contributed by atoms with Crippen LogP contribution in [0.2, 0.25) is 0 Å². The van der Waals surface area contributed by atoms with E-state index >= 15 is 0 Å². The standard InChI is InChI=1S/C4H11NO.F6P/c1-5-3-4-6-2;1-7(2,3,4,5)6/h5H,3-4H2,1-2H3;/q;-1/p+1. The Labute approximate surface area is 73.0 Å². The SMILES string of the molecule is CNCCOC.F[P-](F)(F)(F)(F)F.[H+]. The molecule has 0 saturated carbocycles. The molecule has 0 bridgehead atoms. The van der Waals surface area contributed by atoms with Crippen molar-refractivity contribution >= 4 is 7.81 Å². The van der Waals surface area contributed by atoms with Gasteiger partial charge in [0.1, 0.15) is 0 Å². The van der Waals surface area contributed by atoms with Crippen molar-refractivity contribution in [3.05, 3.63) is 0 Å². The quantitative estimate of drug-likeness (QED) is 0.460. The van der Waals surface area contributed by atoms with Gasteiger partial charge in [0, 0.05) is 13.7 Å². The fourth-order valence-corrected chi connectivity index (χ4v) is 0.204. The van der Waals surface area contributed by atoms with E-state index in [0.29, 0.717) is 0 Å². The van der Waals surface area contributed by atoms with Gasteiger partial charge in [0.15, 0.2) is 0 Å². The van der Waals surface area contributed by atoms with Crippen molar-refractivity contribution in [2.24, 2.45) is 0 Å². The molecule has 0 fully saturated rings. The second kappa shape index (κ2) is 3.98. The van der Waals surface area contributed by atoms with Gasteiger partial charge in [-0.1, -0.05) is 0 Å². The van der Waals surface area contributed by atoms with Gasteiger partial charge in [-0.2, -0.15) is 0 Å². The third-order valence-electron chi connectivity index (χ3n) is 0.556. The normalized spacial score (nSPS) is 16.6. The molecule has 0 aliphatic heterocycles. The Hall–Kier alpha value is -0.0700. The molecular weight excluding hydrogens is 223 g/mol. The molecule has 0 atom stereocenters. The van der Waals surface area contributed by atoms with Gasteiger partial charge in [0.05, 0.1) is 6.61 Å². The largest absolute Gasteiger partial charge is 1.00 e.